The van der Waals surface area contributed by atoms with E-state index >= 15 is 0 Å². The average Bonchev–Trinajstić information content (AvgIpc) is 2.69. The van der Waals surface area contributed by atoms with Gasteiger partial charge in [-0.15, -0.1) is 0 Å². The first kappa shape index (κ1) is 12.7. The number of hydrogen-bond donors (Lipinski definition) is 3. The summed E-state index contributed by atoms with van der Waals surface area (Å²) >= 11 is 1.54. The number of thiophene rings is 1. The minimum Gasteiger partial charge on any atom is -0.481 e. The first-order valence-electron chi connectivity index (χ1n) is 4.78. The van der Waals surface area contributed by atoms with Gasteiger partial charge in [0.05, 0.1) is 0 Å². The summed E-state index contributed by atoms with van der Waals surface area (Å²) in [4.78, 5) is 21.2. The van der Waals surface area contributed by atoms with E-state index in [1.54, 1.807) is 0 Å². The standard InChI is InChI=1S/C10H13NO4S/c12-9(13)2-1-8(10(14)15)11-5-7-3-4-16-6-7/h3-4,6,8,11H,1-2,5H2,(H,12,13)(H,14,15)/t8-/m0/s1. The zero-order chi connectivity index (χ0) is 12.0. The number of carboxylic acids is 2. The second kappa shape index (κ2) is 6.24. The fourth-order valence-electron chi connectivity index (χ4n) is 1.21. The van der Waals surface area contributed by atoms with E-state index in [2.05, 4.69) is 5.32 Å². The summed E-state index contributed by atoms with van der Waals surface area (Å²) < 4.78 is 0. The molecule has 0 aromatic carbocycles. The predicted octanol–water partition coefficient (Wildman–Crippen LogP) is 1.16. The van der Waals surface area contributed by atoms with Crippen molar-refractivity contribution in [1.82, 2.24) is 5.32 Å². The Kier molecular flexibility index (Phi) is 4.94. The zero-order valence-corrected chi connectivity index (χ0v) is 9.37. The first-order valence-corrected chi connectivity index (χ1v) is 5.73. The Morgan fingerprint density at radius 2 is 2.19 bits per heavy atom. The van der Waals surface area contributed by atoms with Gasteiger partial charge in [0.25, 0.3) is 0 Å². The van der Waals surface area contributed by atoms with Gasteiger partial charge >= 0.3 is 11.9 Å². The van der Waals surface area contributed by atoms with Crippen LogP contribution in [-0.2, 0) is 16.1 Å². The van der Waals surface area contributed by atoms with E-state index in [0.717, 1.165) is 5.56 Å². The molecule has 0 bridgehead atoms. The third-order valence-electron chi connectivity index (χ3n) is 2.08. The number of aliphatic carboxylic acids is 2. The summed E-state index contributed by atoms with van der Waals surface area (Å²) in [6, 6.07) is 1.09. The topological polar surface area (TPSA) is 86.6 Å². The van der Waals surface area contributed by atoms with Crippen molar-refractivity contribution in [2.75, 3.05) is 0 Å². The number of nitrogens with one attached hydrogen (secondary N) is 1. The van der Waals surface area contributed by atoms with E-state index < -0.39 is 18.0 Å². The fourth-order valence-corrected chi connectivity index (χ4v) is 1.88. The van der Waals surface area contributed by atoms with Crippen LogP contribution < -0.4 is 5.32 Å². The van der Waals surface area contributed by atoms with Gasteiger partial charge < -0.3 is 15.5 Å². The molecule has 0 fully saturated rings. The first-order chi connectivity index (χ1) is 7.59. The van der Waals surface area contributed by atoms with Gasteiger partial charge in [0, 0.05) is 13.0 Å². The van der Waals surface area contributed by atoms with E-state index in [1.165, 1.54) is 11.3 Å². The van der Waals surface area contributed by atoms with Crippen LogP contribution in [0.4, 0.5) is 0 Å². The summed E-state index contributed by atoms with van der Waals surface area (Å²) in [7, 11) is 0. The van der Waals surface area contributed by atoms with Crippen molar-refractivity contribution >= 4 is 23.3 Å². The SMILES string of the molecule is O=C(O)CC[C@H](NCc1ccsc1)C(=O)O. The van der Waals surface area contributed by atoms with Crippen LogP contribution in [0.2, 0.25) is 0 Å². The van der Waals surface area contributed by atoms with E-state index in [9.17, 15) is 9.59 Å². The Bertz CT molecular complexity index is 350. The Morgan fingerprint density at radius 1 is 1.44 bits per heavy atom. The Morgan fingerprint density at radius 3 is 2.69 bits per heavy atom. The van der Waals surface area contributed by atoms with Crippen molar-refractivity contribution in [3.05, 3.63) is 22.4 Å². The van der Waals surface area contributed by atoms with Gasteiger partial charge in [-0.05, 0) is 28.8 Å². The van der Waals surface area contributed by atoms with Crippen LogP contribution in [0.3, 0.4) is 0 Å². The molecule has 0 saturated carbocycles. The molecule has 0 aliphatic heterocycles. The smallest absolute Gasteiger partial charge is 0.320 e. The van der Waals surface area contributed by atoms with Crippen molar-refractivity contribution < 1.29 is 19.8 Å². The van der Waals surface area contributed by atoms with Gasteiger partial charge in [-0.1, -0.05) is 0 Å². The van der Waals surface area contributed by atoms with Gasteiger partial charge in [-0.3, -0.25) is 9.59 Å². The second-order valence-electron chi connectivity index (χ2n) is 3.34. The molecule has 1 atom stereocenters. The highest BCUT2D eigenvalue weighted by molar-refractivity contribution is 7.07. The maximum absolute atomic E-state index is 10.8. The molecule has 3 N–H and O–H groups in total. The van der Waals surface area contributed by atoms with Gasteiger partial charge in [-0.2, -0.15) is 11.3 Å². The lowest BCUT2D eigenvalue weighted by molar-refractivity contribution is -0.140. The van der Waals surface area contributed by atoms with Crippen molar-refractivity contribution in [3.8, 4) is 0 Å². The minimum absolute atomic E-state index is 0.0921. The summed E-state index contributed by atoms with van der Waals surface area (Å²) in [5.74, 6) is -2.00. The molecule has 5 nitrogen and oxygen atoms in total. The molecule has 1 aromatic heterocycles. The molecule has 0 radical (unpaired) electrons. The minimum atomic E-state index is -1.02. The zero-order valence-electron chi connectivity index (χ0n) is 8.55. The molecule has 0 spiro atoms. The van der Waals surface area contributed by atoms with Crippen LogP contribution in [0.15, 0.2) is 16.8 Å². The second-order valence-corrected chi connectivity index (χ2v) is 4.12. The summed E-state index contributed by atoms with van der Waals surface area (Å²) in [5.41, 5.74) is 1.01. The maximum Gasteiger partial charge on any atom is 0.320 e. The predicted molar refractivity (Wildman–Crippen MR) is 59.5 cm³/mol. The quantitative estimate of drug-likeness (QED) is 0.669. The molecule has 1 rings (SSSR count). The van der Waals surface area contributed by atoms with Gasteiger partial charge in [0.2, 0.25) is 0 Å². The van der Waals surface area contributed by atoms with Crippen LogP contribution in [0, 0.1) is 0 Å². The summed E-state index contributed by atoms with van der Waals surface area (Å²) in [6.45, 7) is 0.445. The Hall–Kier alpha value is -1.40. The highest BCUT2D eigenvalue weighted by Gasteiger charge is 2.17. The highest BCUT2D eigenvalue weighted by atomic mass is 32.1. The molecule has 0 unspecified atom stereocenters. The van der Waals surface area contributed by atoms with Crippen molar-refractivity contribution in [3.63, 3.8) is 0 Å². The van der Waals surface area contributed by atoms with E-state index in [1.807, 2.05) is 16.8 Å². The van der Waals surface area contributed by atoms with E-state index in [0.29, 0.717) is 6.54 Å². The third-order valence-corrected chi connectivity index (χ3v) is 2.81. The molecule has 0 saturated heterocycles. The fraction of sp³-hybridized carbons (Fsp3) is 0.400. The molecular formula is C10H13NO4S. The summed E-state index contributed by atoms with van der Waals surface area (Å²) in [5, 5.41) is 24.0. The molecule has 0 aliphatic rings. The van der Waals surface area contributed by atoms with Gasteiger partial charge in [-0.25, -0.2) is 0 Å². The molecule has 1 heterocycles. The molecular weight excluding hydrogens is 230 g/mol. The number of rotatable bonds is 7. The van der Waals surface area contributed by atoms with Crippen molar-refractivity contribution in [2.45, 2.75) is 25.4 Å². The third kappa shape index (κ3) is 4.41. The van der Waals surface area contributed by atoms with Crippen LogP contribution in [0.1, 0.15) is 18.4 Å². The van der Waals surface area contributed by atoms with E-state index in [-0.39, 0.29) is 12.8 Å². The monoisotopic (exact) mass is 243 g/mol. The number of carbonyl (C=O) groups is 2. The van der Waals surface area contributed by atoms with Crippen LogP contribution in [0.25, 0.3) is 0 Å². The van der Waals surface area contributed by atoms with Crippen molar-refractivity contribution in [1.29, 1.82) is 0 Å². The van der Waals surface area contributed by atoms with Crippen molar-refractivity contribution in [2.24, 2.45) is 0 Å². The maximum atomic E-state index is 10.8. The molecule has 88 valence electrons. The lowest BCUT2D eigenvalue weighted by Crippen LogP contribution is -2.36. The van der Waals surface area contributed by atoms with Gasteiger partial charge in [0.15, 0.2) is 0 Å². The molecule has 0 aliphatic carbocycles. The molecule has 6 heteroatoms. The van der Waals surface area contributed by atoms with Crippen LogP contribution in [-0.4, -0.2) is 28.2 Å². The van der Waals surface area contributed by atoms with Crippen LogP contribution >= 0.6 is 11.3 Å². The highest BCUT2D eigenvalue weighted by Crippen LogP contribution is 2.06. The molecule has 1 aromatic rings. The van der Waals surface area contributed by atoms with Crippen LogP contribution in [0.5, 0.6) is 0 Å². The Labute approximate surface area is 96.7 Å². The van der Waals surface area contributed by atoms with Gasteiger partial charge in [0.1, 0.15) is 6.04 Å². The lowest BCUT2D eigenvalue weighted by Gasteiger charge is -2.12. The number of carboxylic acid groups (broad SMARTS) is 2. The molecule has 16 heavy (non-hydrogen) atoms. The largest absolute Gasteiger partial charge is 0.481 e. The normalized spacial score (nSPS) is 12.2. The average molecular weight is 243 g/mol. The molecule has 0 amide bonds. The van der Waals surface area contributed by atoms with E-state index in [4.69, 9.17) is 10.2 Å². The number of hydrogen-bond acceptors (Lipinski definition) is 4. The lowest BCUT2D eigenvalue weighted by atomic mass is 10.1. The Balaban J connectivity index is 2.39. The summed E-state index contributed by atoms with van der Waals surface area (Å²) in [6.07, 6.45) is -0.0532.